The van der Waals surface area contributed by atoms with Crippen LogP contribution in [-0.2, 0) is 14.3 Å². The van der Waals surface area contributed by atoms with E-state index in [9.17, 15) is 40.5 Å². The van der Waals surface area contributed by atoms with E-state index in [4.69, 9.17) is 9.47 Å². The van der Waals surface area contributed by atoms with Crippen LogP contribution in [0.2, 0.25) is 0 Å². The van der Waals surface area contributed by atoms with E-state index in [1.165, 1.54) is 244 Å². The number of allylic oxidation sites excluding steroid dienone is 6. The van der Waals surface area contributed by atoms with E-state index in [0.29, 0.717) is 19.3 Å². The van der Waals surface area contributed by atoms with Crippen molar-refractivity contribution in [3.8, 4) is 0 Å². The SMILES string of the molecule is CCCCCCCCCCCCCCCCCCC/C=C/CC/C=C/CC/C=C/CCCC(O)C(O)C(COC1OC(CO)C(O)C(O)C1O)NC(=O)C(O)CCCCCCCCCCCCCCCCCCCCCCCCCC. The lowest BCUT2D eigenvalue weighted by molar-refractivity contribution is -0.303. The van der Waals surface area contributed by atoms with Crippen molar-refractivity contribution < 1.29 is 50.0 Å². The molecule has 9 unspecified atom stereocenters. The van der Waals surface area contributed by atoms with Gasteiger partial charge in [-0.05, 0) is 64.2 Å². The number of aliphatic hydroxyl groups is 7. The summed E-state index contributed by atoms with van der Waals surface area (Å²) >= 11 is 0. The highest BCUT2D eigenvalue weighted by Crippen LogP contribution is 2.24. The molecule has 0 spiro atoms. The Morgan fingerprint density at radius 1 is 0.420 bits per heavy atom. The maximum Gasteiger partial charge on any atom is 0.249 e. The predicted octanol–water partition coefficient (Wildman–Crippen LogP) is 16.6. The molecule has 1 fully saturated rings. The molecule has 0 aromatic rings. The number of ether oxygens (including phenoxy) is 2. The van der Waals surface area contributed by atoms with Crippen molar-refractivity contribution in [3.63, 3.8) is 0 Å². The van der Waals surface area contributed by atoms with Gasteiger partial charge in [-0.15, -0.1) is 0 Å². The van der Waals surface area contributed by atoms with Crippen molar-refractivity contribution in [1.82, 2.24) is 5.32 Å². The molecule has 1 aliphatic heterocycles. The minimum atomic E-state index is -1.67. The average Bonchev–Trinajstić information content (AvgIpc) is 3.49. The van der Waals surface area contributed by atoms with Crippen LogP contribution in [-0.4, -0.2) is 110 Å². The summed E-state index contributed by atoms with van der Waals surface area (Å²) in [5, 5.41) is 76.4. The number of amides is 1. The third kappa shape index (κ3) is 46.3. The summed E-state index contributed by atoms with van der Waals surface area (Å²) in [5.41, 5.74) is 0. The Bertz CT molecular complexity index is 1410. The Hall–Kier alpha value is -1.67. The summed E-state index contributed by atoms with van der Waals surface area (Å²) in [6, 6.07) is -1.19. The number of carbonyl (C=O) groups excluding carboxylic acids is 1. The zero-order valence-electron chi connectivity index (χ0n) is 52.8. The molecule has 0 aromatic heterocycles. The van der Waals surface area contributed by atoms with E-state index < -0.39 is 74.2 Å². The fourth-order valence-electron chi connectivity index (χ4n) is 11.3. The van der Waals surface area contributed by atoms with Crippen molar-refractivity contribution in [3.05, 3.63) is 36.5 Å². The highest BCUT2D eigenvalue weighted by Gasteiger charge is 2.44. The summed E-state index contributed by atoms with van der Waals surface area (Å²) < 4.78 is 11.2. The second kappa shape index (κ2) is 58.7. The largest absolute Gasteiger partial charge is 0.394 e. The molecular formula is C70H133NO10. The molecule has 0 saturated carbocycles. The normalized spacial score (nSPS) is 19.3. The van der Waals surface area contributed by atoms with Gasteiger partial charge in [0.25, 0.3) is 0 Å². The molecule has 0 aliphatic carbocycles. The van der Waals surface area contributed by atoms with Crippen molar-refractivity contribution in [2.45, 2.75) is 390 Å². The van der Waals surface area contributed by atoms with Gasteiger partial charge in [-0.1, -0.05) is 307 Å². The van der Waals surface area contributed by atoms with E-state index in [2.05, 4.69) is 55.6 Å². The third-order valence-electron chi connectivity index (χ3n) is 16.9. The molecule has 11 heteroatoms. The lowest BCUT2D eigenvalue weighted by Gasteiger charge is -2.40. The number of aliphatic hydroxyl groups excluding tert-OH is 7. The Labute approximate surface area is 498 Å². The Balaban J connectivity index is 2.24. The summed E-state index contributed by atoms with van der Waals surface area (Å²) in [5.74, 6) is -0.706. The van der Waals surface area contributed by atoms with Gasteiger partial charge in [-0.3, -0.25) is 4.79 Å². The second-order valence-electron chi connectivity index (χ2n) is 24.6. The first-order valence-electron chi connectivity index (χ1n) is 34.9. The summed E-state index contributed by atoms with van der Waals surface area (Å²) in [6.45, 7) is 3.49. The van der Waals surface area contributed by atoms with E-state index in [1.807, 2.05) is 0 Å². The quantitative estimate of drug-likeness (QED) is 0.0215. The monoisotopic (exact) mass is 1150 g/mol. The number of hydrogen-bond acceptors (Lipinski definition) is 10. The van der Waals surface area contributed by atoms with Crippen molar-refractivity contribution in [2.75, 3.05) is 13.2 Å². The highest BCUT2D eigenvalue weighted by molar-refractivity contribution is 5.80. The van der Waals surface area contributed by atoms with Crippen molar-refractivity contribution in [1.29, 1.82) is 0 Å². The Kier molecular flexibility index (Phi) is 56.0. The molecule has 478 valence electrons. The van der Waals surface area contributed by atoms with Crippen LogP contribution in [0.15, 0.2) is 36.5 Å². The lowest BCUT2D eigenvalue weighted by atomic mass is 9.98. The first-order chi connectivity index (χ1) is 39.7. The van der Waals surface area contributed by atoms with Crippen LogP contribution in [0.25, 0.3) is 0 Å². The topological polar surface area (TPSA) is 189 Å². The standard InChI is InChI=1S/C70H133NO10/c1-3-5-7-9-11-13-15-17-19-21-23-25-27-29-30-31-32-33-34-36-37-39-41-43-45-47-49-51-53-55-57-62(73)65(75)61(60-80-70-68(78)67(77)66(76)64(59-72)81-70)71-69(79)63(74)58-56-54-52-50-48-46-44-42-40-38-35-28-26-24-22-20-18-16-14-12-10-8-6-4-2/h34,36,41,43,49,51,61-68,70,72-78H,3-33,35,37-40,42,44-48,50,52-60H2,1-2H3,(H,71,79)/b36-34+,43-41+,51-49+. The molecule has 1 rings (SSSR count). The first kappa shape index (κ1) is 77.3. The maximum atomic E-state index is 13.2. The first-order valence-corrected chi connectivity index (χ1v) is 34.9. The van der Waals surface area contributed by atoms with Gasteiger partial charge in [0.1, 0.15) is 36.6 Å². The van der Waals surface area contributed by atoms with E-state index in [0.717, 1.165) is 44.9 Å². The minimum absolute atomic E-state index is 0.243. The molecule has 81 heavy (non-hydrogen) atoms. The number of nitrogens with one attached hydrogen (secondary N) is 1. The zero-order chi connectivity index (χ0) is 58.9. The predicted molar refractivity (Wildman–Crippen MR) is 339 cm³/mol. The van der Waals surface area contributed by atoms with Crippen LogP contribution >= 0.6 is 0 Å². The van der Waals surface area contributed by atoms with E-state index >= 15 is 0 Å². The molecule has 1 aliphatic rings. The van der Waals surface area contributed by atoms with Gasteiger partial charge in [0, 0.05) is 0 Å². The lowest BCUT2D eigenvalue weighted by Crippen LogP contribution is -2.60. The van der Waals surface area contributed by atoms with Crippen LogP contribution < -0.4 is 5.32 Å². The van der Waals surface area contributed by atoms with Gasteiger partial charge >= 0.3 is 0 Å². The van der Waals surface area contributed by atoms with Crippen LogP contribution in [0.1, 0.15) is 335 Å². The van der Waals surface area contributed by atoms with Gasteiger partial charge in [0.2, 0.25) is 5.91 Å². The molecule has 1 amide bonds. The number of unbranched alkanes of at least 4 members (excludes halogenated alkanes) is 43. The molecule has 0 radical (unpaired) electrons. The summed E-state index contributed by atoms with van der Waals surface area (Å²) in [7, 11) is 0. The van der Waals surface area contributed by atoms with Gasteiger partial charge in [0.05, 0.1) is 25.4 Å². The summed E-state index contributed by atoms with van der Waals surface area (Å²) in [4.78, 5) is 13.2. The highest BCUT2D eigenvalue weighted by atomic mass is 16.7. The number of hydrogen-bond donors (Lipinski definition) is 8. The van der Waals surface area contributed by atoms with Crippen molar-refractivity contribution >= 4 is 5.91 Å². The van der Waals surface area contributed by atoms with Gasteiger partial charge in [-0.2, -0.15) is 0 Å². The minimum Gasteiger partial charge on any atom is -0.394 e. The van der Waals surface area contributed by atoms with Gasteiger partial charge in [-0.25, -0.2) is 0 Å². The number of rotatable bonds is 61. The van der Waals surface area contributed by atoms with Crippen molar-refractivity contribution in [2.24, 2.45) is 0 Å². The molecule has 0 aromatic carbocycles. The third-order valence-corrected chi connectivity index (χ3v) is 16.9. The Morgan fingerprint density at radius 3 is 1.10 bits per heavy atom. The van der Waals surface area contributed by atoms with E-state index in [1.54, 1.807) is 0 Å². The molecule has 11 nitrogen and oxygen atoms in total. The molecule has 1 saturated heterocycles. The molecule has 0 bridgehead atoms. The zero-order valence-corrected chi connectivity index (χ0v) is 52.8. The Morgan fingerprint density at radius 2 is 0.741 bits per heavy atom. The van der Waals surface area contributed by atoms with Gasteiger partial charge in [0.15, 0.2) is 6.29 Å². The molecular weight excluding hydrogens is 1010 g/mol. The number of carbonyl (C=O) groups is 1. The summed E-state index contributed by atoms with van der Waals surface area (Å²) in [6.07, 6.45) is 63.7. The molecule has 8 N–H and O–H groups in total. The van der Waals surface area contributed by atoms with Crippen LogP contribution in [0, 0.1) is 0 Å². The molecule has 1 heterocycles. The average molecular weight is 1150 g/mol. The fraction of sp³-hybridized carbons (Fsp3) is 0.900. The molecule has 9 atom stereocenters. The van der Waals surface area contributed by atoms with Gasteiger partial charge < -0.3 is 50.5 Å². The maximum absolute atomic E-state index is 13.2. The fourth-order valence-corrected chi connectivity index (χ4v) is 11.3. The smallest absolute Gasteiger partial charge is 0.249 e. The second-order valence-corrected chi connectivity index (χ2v) is 24.6. The van der Waals surface area contributed by atoms with Crippen LogP contribution in [0.3, 0.4) is 0 Å². The van der Waals surface area contributed by atoms with E-state index in [-0.39, 0.29) is 12.8 Å². The van der Waals surface area contributed by atoms with Crippen LogP contribution in [0.5, 0.6) is 0 Å². The van der Waals surface area contributed by atoms with Crippen LogP contribution in [0.4, 0.5) is 0 Å².